The fourth-order valence-electron chi connectivity index (χ4n) is 3.36. The van der Waals surface area contributed by atoms with Crippen molar-refractivity contribution in [1.29, 1.82) is 0 Å². The summed E-state index contributed by atoms with van der Waals surface area (Å²) in [5.41, 5.74) is 0. The van der Waals surface area contributed by atoms with Crippen LogP contribution in [0.5, 0.6) is 0 Å². The molecule has 6 heteroatoms. The van der Waals surface area contributed by atoms with Gasteiger partial charge in [0.1, 0.15) is 12.9 Å². The highest BCUT2D eigenvalue weighted by Crippen LogP contribution is 2.38. The third kappa shape index (κ3) is 7.88. The van der Waals surface area contributed by atoms with Crippen LogP contribution in [0.15, 0.2) is 12.7 Å². The van der Waals surface area contributed by atoms with Crippen LogP contribution in [0, 0.1) is 0 Å². The van der Waals surface area contributed by atoms with E-state index in [1.807, 2.05) is 19.9 Å². The standard InChI is InChI=1S/C22H44O5Si/c1-11-13-18(24-16-23-8)20-19(25-22(6,7)26-20)15-12-14-17(2)27-28(9,10)21(3,4)5/h11,17-20H,1,12-16H2,2-10H3/t17-,18+,19+,20+/m1/s1. The van der Waals surface area contributed by atoms with Crippen molar-refractivity contribution in [1.82, 2.24) is 0 Å². The van der Waals surface area contributed by atoms with Crippen LogP contribution < -0.4 is 0 Å². The van der Waals surface area contributed by atoms with Crippen LogP contribution in [0.2, 0.25) is 18.1 Å². The van der Waals surface area contributed by atoms with Gasteiger partial charge in [-0.15, -0.1) is 6.58 Å². The quantitative estimate of drug-likeness (QED) is 0.234. The number of hydrogen-bond acceptors (Lipinski definition) is 5. The predicted molar refractivity (Wildman–Crippen MR) is 117 cm³/mol. The highest BCUT2D eigenvalue weighted by atomic mass is 28.4. The van der Waals surface area contributed by atoms with Crippen molar-refractivity contribution in [3.63, 3.8) is 0 Å². The summed E-state index contributed by atoms with van der Waals surface area (Å²) in [4.78, 5) is 0. The number of ether oxygens (including phenoxy) is 4. The van der Waals surface area contributed by atoms with Gasteiger partial charge in [-0.3, -0.25) is 0 Å². The zero-order valence-corrected chi connectivity index (χ0v) is 20.7. The molecule has 0 saturated carbocycles. The number of rotatable bonds is 12. The maximum Gasteiger partial charge on any atom is 0.192 e. The van der Waals surface area contributed by atoms with E-state index in [0.29, 0.717) is 6.42 Å². The molecule has 0 spiro atoms. The SMILES string of the molecule is C=CC[C@H](OCOC)[C@@H]1OC(C)(C)O[C@H]1CCC[C@@H](C)O[Si](C)(C)C(C)(C)C. The van der Waals surface area contributed by atoms with E-state index in [9.17, 15) is 0 Å². The summed E-state index contributed by atoms with van der Waals surface area (Å²) in [5.74, 6) is -0.603. The Morgan fingerprint density at radius 1 is 1.21 bits per heavy atom. The van der Waals surface area contributed by atoms with E-state index in [4.69, 9.17) is 23.4 Å². The molecule has 28 heavy (non-hydrogen) atoms. The van der Waals surface area contributed by atoms with E-state index in [1.165, 1.54) is 0 Å². The summed E-state index contributed by atoms with van der Waals surface area (Å²) >= 11 is 0. The van der Waals surface area contributed by atoms with E-state index in [-0.39, 0.29) is 36.2 Å². The second-order valence-corrected chi connectivity index (χ2v) is 14.7. The van der Waals surface area contributed by atoms with Gasteiger partial charge >= 0.3 is 0 Å². The van der Waals surface area contributed by atoms with Gasteiger partial charge in [-0.2, -0.15) is 0 Å². The first-order valence-electron chi connectivity index (χ1n) is 10.6. The summed E-state index contributed by atoms with van der Waals surface area (Å²) < 4.78 is 29.8. The maximum absolute atomic E-state index is 6.49. The average molecular weight is 417 g/mol. The summed E-state index contributed by atoms with van der Waals surface area (Å²) in [6, 6.07) is 0. The van der Waals surface area contributed by atoms with E-state index < -0.39 is 14.1 Å². The first-order valence-corrected chi connectivity index (χ1v) is 13.5. The molecule has 1 heterocycles. The Balaban J connectivity index is 2.63. The molecule has 1 aliphatic heterocycles. The third-order valence-electron chi connectivity index (χ3n) is 5.79. The maximum atomic E-state index is 6.49. The fraction of sp³-hybridized carbons (Fsp3) is 0.909. The van der Waals surface area contributed by atoms with Crippen molar-refractivity contribution in [3.8, 4) is 0 Å². The predicted octanol–water partition coefficient (Wildman–Crippen LogP) is 5.65. The third-order valence-corrected chi connectivity index (χ3v) is 10.4. The normalized spacial score (nSPS) is 24.9. The Labute approximate surface area is 174 Å². The zero-order chi connectivity index (χ0) is 21.6. The van der Waals surface area contributed by atoms with E-state index >= 15 is 0 Å². The van der Waals surface area contributed by atoms with Crippen molar-refractivity contribution in [2.24, 2.45) is 0 Å². The lowest BCUT2D eigenvalue weighted by Gasteiger charge is -2.38. The van der Waals surface area contributed by atoms with Gasteiger partial charge in [0.2, 0.25) is 0 Å². The molecule has 0 amide bonds. The summed E-state index contributed by atoms with van der Waals surface area (Å²) in [7, 11) is -0.103. The molecule has 4 atom stereocenters. The number of hydrogen-bond donors (Lipinski definition) is 0. The molecule has 166 valence electrons. The van der Waals surface area contributed by atoms with Crippen LogP contribution in [0.4, 0.5) is 0 Å². The minimum Gasteiger partial charge on any atom is -0.414 e. The molecule has 0 bridgehead atoms. The lowest BCUT2D eigenvalue weighted by atomic mass is 9.99. The Morgan fingerprint density at radius 2 is 1.86 bits per heavy atom. The lowest BCUT2D eigenvalue weighted by molar-refractivity contribution is -0.169. The highest BCUT2D eigenvalue weighted by molar-refractivity contribution is 6.74. The molecule has 1 saturated heterocycles. The molecule has 1 rings (SSSR count). The molecular formula is C22H44O5Si. The van der Waals surface area contributed by atoms with Gasteiger partial charge in [-0.25, -0.2) is 0 Å². The van der Waals surface area contributed by atoms with Gasteiger partial charge in [-0.05, 0) is 64.6 Å². The van der Waals surface area contributed by atoms with Crippen molar-refractivity contribution < 1.29 is 23.4 Å². The molecule has 1 aliphatic rings. The minimum absolute atomic E-state index is 0.00289. The number of methoxy groups -OCH3 is 1. The van der Waals surface area contributed by atoms with Gasteiger partial charge in [0, 0.05) is 13.2 Å². The topological polar surface area (TPSA) is 46.2 Å². The van der Waals surface area contributed by atoms with Gasteiger partial charge in [0.05, 0.1) is 12.2 Å². The van der Waals surface area contributed by atoms with E-state index in [0.717, 1.165) is 19.3 Å². The van der Waals surface area contributed by atoms with E-state index in [2.05, 4.69) is 47.4 Å². The van der Waals surface area contributed by atoms with Gasteiger partial charge < -0.3 is 23.4 Å². The molecule has 0 aromatic heterocycles. The minimum atomic E-state index is -1.73. The van der Waals surface area contributed by atoms with Crippen LogP contribution in [0.3, 0.4) is 0 Å². The van der Waals surface area contributed by atoms with Crippen molar-refractivity contribution >= 4 is 8.32 Å². The summed E-state index contributed by atoms with van der Waals surface area (Å²) in [6.07, 6.45) is 5.54. The van der Waals surface area contributed by atoms with Crippen LogP contribution in [0.25, 0.3) is 0 Å². The second-order valence-electron chi connectivity index (χ2n) is 9.89. The molecule has 5 nitrogen and oxygen atoms in total. The van der Waals surface area contributed by atoms with Gasteiger partial charge in [0.15, 0.2) is 14.1 Å². The van der Waals surface area contributed by atoms with Crippen molar-refractivity contribution in [2.75, 3.05) is 13.9 Å². The second kappa shape index (κ2) is 10.7. The Hall–Kier alpha value is -0.243. The molecule has 0 aromatic rings. The van der Waals surface area contributed by atoms with Gasteiger partial charge in [0.25, 0.3) is 0 Å². The lowest BCUT2D eigenvalue weighted by Crippen LogP contribution is -2.43. The molecule has 0 unspecified atom stereocenters. The first kappa shape index (κ1) is 25.8. The summed E-state index contributed by atoms with van der Waals surface area (Å²) in [6.45, 7) is 21.7. The largest absolute Gasteiger partial charge is 0.414 e. The molecule has 1 fully saturated rings. The van der Waals surface area contributed by atoms with Crippen LogP contribution in [-0.2, 0) is 23.4 Å². The van der Waals surface area contributed by atoms with Crippen molar-refractivity contribution in [3.05, 3.63) is 12.7 Å². The van der Waals surface area contributed by atoms with Crippen LogP contribution in [0.1, 0.15) is 67.2 Å². The molecule has 0 aromatic carbocycles. The average Bonchev–Trinajstić information content (AvgIpc) is 2.84. The smallest absolute Gasteiger partial charge is 0.192 e. The first-order chi connectivity index (χ1) is 12.8. The molecule has 0 N–H and O–H groups in total. The fourth-order valence-corrected chi connectivity index (χ4v) is 4.84. The monoisotopic (exact) mass is 416 g/mol. The molecule has 0 aliphatic carbocycles. The molecule has 0 radical (unpaired) electrons. The Kier molecular flexibility index (Phi) is 9.84. The van der Waals surface area contributed by atoms with Gasteiger partial charge in [-0.1, -0.05) is 26.8 Å². The molecular weight excluding hydrogens is 372 g/mol. The zero-order valence-electron chi connectivity index (χ0n) is 19.7. The van der Waals surface area contributed by atoms with Crippen molar-refractivity contribution in [2.45, 2.75) is 116 Å². The summed E-state index contributed by atoms with van der Waals surface area (Å²) in [5, 5.41) is 0.232. The highest BCUT2D eigenvalue weighted by Gasteiger charge is 2.45. The van der Waals surface area contributed by atoms with E-state index in [1.54, 1.807) is 7.11 Å². The van der Waals surface area contributed by atoms with Crippen LogP contribution >= 0.6 is 0 Å². The van der Waals surface area contributed by atoms with Crippen LogP contribution in [-0.4, -0.2) is 52.4 Å². The Morgan fingerprint density at radius 3 is 2.39 bits per heavy atom. The Bertz CT molecular complexity index is 472.